The molecule has 9 heteroatoms. The summed E-state index contributed by atoms with van der Waals surface area (Å²) in [6, 6.07) is 13.7. The number of nitrogens with zero attached hydrogens (tertiary/aromatic N) is 4. The minimum absolute atomic E-state index is 0.0311. The molecule has 5 rings (SSSR count). The molecule has 1 aliphatic carbocycles. The highest BCUT2D eigenvalue weighted by Crippen LogP contribution is 2.43. The van der Waals surface area contributed by atoms with E-state index in [9.17, 15) is 18.3 Å². The van der Waals surface area contributed by atoms with Gasteiger partial charge in [-0.05, 0) is 72.4 Å². The topological polar surface area (TPSA) is 107 Å². The lowest BCUT2D eigenvalue weighted by molar-refractivity contribution is 0.0696. The summed E-state index contributed by atoms with van der Waals surface area (Å²) in [5, 5.41) is 13.5. The standard InChI is InChI=1S/C24H22N4O4S/c1-27-23(25-15-26-27)17-7-9-21(28-10-2-3-11-28)19(12-17)14-33(31,32)22-13-18(24(29)30)6-8-20(22)16-4-5-16/h2-3,6-13,15-16H,4-5,14H2,1H3,(H,29,30). The van der Waals surface area contributed by atoms with Crippen molar-refractivity contribution < 1.29 is 18.3 Å². The van der Waals surface area contributed by atoms with Gasteiger partial charge in [-0.25, -0.2) is 22.9 Å². The Bertz CT molecular complexity index is 1450. The van der Waals surface area contributed by atoms with E-state index in [0.717, 1.165) is 24.1 Å². The number of aromatic nitrogens is 4. The van der Waals surface area contributed by atoms with Crippen LogP contribution in [0.5, 0.6) is 0 Å². The fraction of sp³-hybridized carbons (Fsp3) is 0.208. The van der Waals surface area contributed by atoms with Crippen LogP contribution in [0.25, 0.3) is 17.1 Å². The van der Waals surface area contributed by atoms with Gasteiger partial charge in [0.15, 0.2) is 15.7 Å². The number of sulfone groups is 1. The van der Waals surface area contributed by atoms with Crippen molar-refractivity contribution in [1.29, 1.82) is 0 Å². The second kappa shape index (κ2) is 8.00. The van der Waals surface area contributed by atoms with Crippen LogP contribution in [0.4, 0.5) is 0 Å². The van der Waals surface area contributed by atoms with Gasteiger partial charge in [-0.3, -0.25) is 0 Å². The van der Waals surface area contributed by atoms with Gasteiger partial charge in [0.25, 0.3) is 0 Å². The van der Waals surface area contributed by atoms with Crippen LogP contribution in [0.1, 0.15) is 40.2 Å². The molecule has 33 heavy (non-hydrogen) atoms. The van der Waals surface area contributed by atoms with Crippen LogP contribution in [0, 0.1) is 0 Å². The summed E-state index contributed by atoms with van der Waals surface area (Å²) in [5.41, 5.74) is 2.74. The molecule has 1 fully saturated rings. The molecule has 2 aromatic carbocycles. The van der Waals surface area contributed by atoms with Crippen molar-refractivity contribution in [3.63, 3.8) is 0 Å². The van der Waals surface area contributed by atoms with E-state index in [1.54, 1.807) is 17.8 Å². The van der Waals surface area contributed by atoms with E-state index in [0.29, 0.717) is 17.0 Å². The van der Waals surface area contributed by atoms with Crippen LogP contribution in [-0.2, 0) is 22.6 Å². The summed E-state index contributed by atoms with van der Waals surface area (Å²) < 4.78 is 30.9. The maximum Gasteiger partial charge on any atom is 0.335 e. The Balaban J connectivity index is 1.63. The Morgan fingerprint density at radius 3 is 2.52 bits per heavy atom. The molecule has 8 nitrogen and oxygen atoms in total. The Labute approximate surface area is 191 Å². The molecule has 0 atom stereocenters. The third kappa shape index (κ3) is 4.07. The lowest BCUT2D eigenvalue weighted by Crippen LogP contribution is -2.12. The van der Waals surface area contributed by atoms with Crippen LogP contribution in [0.15, 0.2) is 72.1 Å². The van der Waals surface area contributed by atoms with Crippen molar-refractivity contribution in [2.75, 3.05) is 0 Å². The van der Waals surface area contributed by atoms with Crippen molar-refractivity contribution in [2.45, 2.75) is 29.4 Å². The molecule has 0 bridgehead atoms. The first-order valence-electron chi connectivity index (χ1n) is 10.5. The van der Waals surface area contributed by atoms with Crippen LogP contribution < -0.4 is 0 Å². The molecular formula is C24H22N4O4S. The van der Waals surface area contributed by atoms with Gasteiger partial charge in [-0.2, -0.15) is 5.10 Å². The minimum atomic E-state index is -3.83. The molecule has 4 aromatic rings. The highest BCUT2D eigenvalue weighted by atomic mass is 32.2. The molecule has 2 aromatic heterocycles. The number of benzene rings is 2. The van der Waals surface area contributed by atoms with E-state index in [-0.39, 0.29) is 22.1 Å². The predicted molar refractivity (Wildman–Crippen MR) is 122 cm³/mol. The average molecular weight is 463 g/mol. The lowest BCUT2D eigenvalue weighted by atomic mass is 10.1. The first kappa shape index (κ1) is 21.1. The van der Waals surface area contributed by atoms with Gasteiger partial charge in [0.1, 0.15) is 6.33 Å². The zero-order chi connectivity index (χ0) is 23.2. The Morgan fingerprint density at radius 1 is 1.12 bits per heavy atom. The lowest BCUT2D eigenvalue weighted by Gasteiger charge is -2.15. The molecule has 0 unspecified atom stereocenters. The van der Waals surface area contributed by atoms with Crippen LogP contribution >= 0.6 is 0 Å². The number of carboxylic acid groups (broad SMARTS) is 1. The summed E-state index contributed by atoms with van der Waals surface area (Å²) >= 11 is 0. The highest BCUT2D eigenvalue weighted by molar-refractivity contribution is 7.90. The van der Waals surface area contributed by atoms with Crippen LogP contribution in [0.3, 0.4) is 0 Å². The fourth-order valence-corrected chi connectivity index (χ4v) is 5.79. The van der Waals surface area contributed by atoms with Crippen molar-refractivity contribution in [3.05, 3.63) is 83.9 Å². The summed E-state index contributed by atoms with van der Waals surface area (Å²) in [6.07, 6.45) is 6.98. The van der Waals surface area contributed by atoms with Crippen LogP contribution in [0.2, 0.25) is 0 Å². The minimum Gasteiger partial charge on any atom is -0.478 e. The molecule has 1 saturated carbocycles. The molecule has 0 amide bonds. The maximum atomic E-state index is 13.7. The Hall–Kier alpha value is -3.72. The van der Waals surface area contributed by atoms with Gasteiger partial charge in [0.05, 0.1) is 16.2 Å². The van der Waals surface area contributed by atoms with Gasteiger partial charge < -0.3 is 9.67 Å². The number of aromatic carboxylic acids is 1. The largest absolute Gasteiger partial charge is 0.478 e. The number of aryl methyl sites for hydroxylation is 1. The number of hydrogen-bond donors (Lipinski definition) is 1. The monoisotopic (exact) mass is 462 g/mol. The number of carbonyl (C=O) groups is 1. The summed E-state index contributed by atoms with van der Waals surface area (Å²) in [5.74, 6) is -0.633. The molecular weight excluding hydrogens is 440 g/mol. The third-order valence-corrected chi connectivity index (χ3v) is 7.60. The molecule has 0 saturated heterocycles. The number of carboxylic acids is 1. The molecule has 1 aliphatic rings. The average Bonchev–Trinajstić information content (AvgIpc) is 3.31. The van der Waals surface area contributed by atoms with Gasteiger partial charge in [0.2, 0.25) is 0 Å². The summed E-state index contributed by atoms with van der Waals surface area (Å²) in [7, 11) is -2.06. The second-order valence-corrected chi connectivity index (χ2v) is 10.2. The quantitative estimate of drug-likeness (QED) is 0.447. The fourth-order valence-electron chi connectivity index (χ4n) is 4.10. The molecule has 0 spiro atoms. The highest BCUT2D eigenvalue weighted by Gasteiger charge is 2.31. The van der Waals surface area contributed by atoms with E-state index in [1.807, 2.05) is 47.3 Å². The smallest absolute Gasteiger partial charge is 0.335 e. The van der Waals surface area contributed by atoms with Crippen molar-refractivity contribution >= 4 is 15.8 Å². The van der Waals surface area contributed by atoms with Gasteiger partial charge in [-0.15, -0.1) is 0 Å². The second-order valence-electron chi connectivity index (χ2n) is 8.23. The van der Waals surface area contributed by atoms with E-state index in [1.165, 1.54) is 18.5 Å². The van der Waals surface area contributed by atoms with E-state index in [2.05, 4.69) is 10.1 Å². The normalized spacial score (nSPS) is 13.8. The van der Waals surface area contributed by atoms with Crippen molar-refractivity contribution in [1.82, 2.24) is 19.3 Å². The number of rotatable bonds is 7. The number of hydrogen-bond acceptors (Lipinski definition) is 5. The van der Waals surface area contributed by atoms with Gasteiger partial charge >= 0.3 is 5.97 Å². The summed E-state index contributed by atoms with van der Waals surface area (Å²) in [4.78, 5) is 15.9. The maximum absolute atomic E-state index is 13.7. The SMILES string of the molecule is Cn1ncnc1-c1ccc(-n2cccc2)c(CS(=O)(=O)c2cc(C(=O)O)ccc2C2CC2)c1. The van der Waals surface area contributed by atoms with E-state index < -0.39 is 15.8 Å². The Morgan fingerprint density at radius 2 is 1.88 bits per heavy atom. The van der Waals surface area contributed by atoms with Crippen LogP contribution in [-0.4, -0.2) is 38.8 Å². The zero-order valence-corrected chi connectivity index (χ0v) is 18.7. The first-order chi connectivity index (χ1) is 15.8. The molecule has 0 aliphatic heterocycles. The molecule has 168 valence electrons. The molecule has 1 N–H and O–H groups in total. The van der Waals surface area contributed by atoms with E-state index >= 15 is 0 Å². The summed E-state index contributed by atoms with van der Waals surface area (Å²) in [6.45, 7) is 0. The molecule has 0 radical (unpaired) electrons. The predicted octanol–water partition coefficient (Wildman–Crippen LogP) is 3.82. The van der Waals surface area contributed by atoms with Crippen molar-refractivity contribution in [2.24, 2.45) is 7.05 Å². The zero-order valence-electron chi connectivity index (χ0n) is 17.9. The Kier molecular flexibility index (Phi) is 5.13. The van der Waals surface area contributed by atoms with Gasteiger partial charge in [0, 0.05) is 30.7 Å². The van der Waals surface area contributed by atoms with Crippen molar-refractivity contribution in [3.8, 4) is 17.1 Å². The van der Waals surface area contributed by atoms with Gasteiger partial charge in [-0.1, -0.05) is 6.07 Å². The molecule has 2 heterocycles. The first-order valence-corrected chi connectivity index (χ1v) is 12.2. The third-order valence-electron chi connectivity index (χ3n) is 5.89. The van der Waals surface area contributed by atoms with E-state index in [4.69, 9.17) is 0 Å².